The number of carbonyl (C=O) groups is 1. The summed E-state index contributed by atoms with van der Waals surface area (Å²) >= 11 is 5.87. The number of anilines is 3. The number of nitrogens with zero attached hydrogens (tertiary/aromatic N) is 4. The van der Waals surface area contributed by atoms with Crippen molar-refractivity contribution in [3.05, 3.63) is 112 Å². The predicted octanol–water partition coefficient (Wildman–Crippen LogP) is 7.08. The molecule has 51 heavy (non-hydrogen) atoms. The van der Waals surface area contributed by atoms with Gasteiger partial charge in [0.1, 0.15) is 12.4 Å². The number of ether oxygens (including phenoxy) is 2. The van der Waals surface area contributed by atoms with Crippen LogP contribution in [0, 0.1) is 11.8 Å². The maximum absolute atomic E-state index is 14.2. The first-order valence-corrected chi connectivity index (χ1v) is 17.3. The van der Waals surface area contributed by atoms with Gasteiger partial charge in [-0.05, 0) is 79.9 Å². The summed E-state index contributed by atoms with van der Waals surface area (Å²) in [4.78, 5) is 22.5. The highest BCUT2D eigenvalue weighted by Crippen LogP contribution is 2.30. The monoisotopic (exact) mass is 713 g/mol. The zero-order valence-electron chi connectivity index (χ0n) is 28.0. The van der Waals surface area contributed by atoms with E-state index in [9.17, 15) is 13.6 Å². The Morgan fingerprint density at radius 2 is 2.04 bits per heavy atom. The number of nitrogens with one attached hydrogen (secondary N) is 2. The van der Waals surface area contributed by atoms with Gasteiger partial charge < -0.3 is 25.4 Å². The van der Waals surface area contributed by atoms with Gasteiger partial charge in [0.05, 0.1) is 34.1 Å². The number of hydrogen-bond donors (Lipinski definition) is 3. The minimum Gasteiger partial charge on any atom is -0.473 e. The Morgan fingerprint density at radius 1 is 1.18 bits per heavy atom. The highest BCUT2D eigenvalue weighted by molar-refractivity contribution is 6.30. The molecule has 10 nitrogen and oxygen atoms in total. The lowest BCUT2D eigenvalue weighted by atomic mass is 10.0. The lowest BCUT2D eigenvalue weighted by molar-refractivity contribution is -0.0454. The number of amides is 1. The van der Waals surface area contributed by atoms with Crippen molar-refractivity contribution < 1.29 is 23.0 Å². The van der Waals surface area contributed by atoms with E-state index in [1.54, 1.807) is 48.5 Å². The molecule has 4 N–H and O–H groups in total. The Kier molecular flexibility index (Phi) is 10.2. The number of halogens is 3. The third-order valence-corrected chi connectivity index (χ3v) is 9.58. The number of aromatic nitrogens is 3. The predicted molar refractivity (Wildman–Crippen MR) is 195 cm³/mol. The molecular weight excluding hydrogens is 676 g/mol. The number of benzene rings is 3. The van der Waals surface area contributed by atoms with Crippen LogP contribution < -0.4 is 20.7 Å². The molecule has 0 saturated carbocycles. The van der Waals surface area contributed by atoms with E-state index in [1.165, 1.54) is 6.07 Å². The molecule has 264 valence electrons. The fourth-order valence-electron chi connectivity index (χ4n) is 6.43. The molecule has 7 rings (SSSR count). The lowest BCUT2D eigenvalue weighted by Crippen LogP contribution is -2.49. The van der Waals surface area contributed by atoms with Crippen molar-refractivity contribution in [2.75, 3.05) is 48.7 Å². The van der Waals surface area contributed by atoms with Gasteiger partial charge in [-0.1, -0.05) is 29.8 Å². The molecule has 13 heteroatoms. The standard InChI is InChI=1S/C38H38ClF2N7O3/c1-23(20-47-14-11-24(12-15-47)33-3-2-4-36(44-33)51-22-26-5-7-27(39)18-31(26)40)48(21-29-13-16-50-29)35-10-6-25(17-32(35)42)38(49)43-28-8-9-34-30(19-28)37(41)46-45-34/h2-11,17-19,23,29H,12-16,20-22,42H2,1H3,(H,43,49)(H,45,46). The molecule has 0 radical (unpaired) electrons. The van der Waals surface area contributed by atoms with Gasteiger partial charge >= 0.3 is 0 Å². The van der Waals surface area contributed by atoms with Crippen LogP contribution in [-0.4, -0.2) is 70.9 Å². The quantitative estimate of drug-likeness (QED) is 0.117. The number of carbonyl (C=O) groups excluding carboxylic acids is 1. The second-order valence-electron chi connectivity index (χ2n) is 12.9. The van der Waals surface area contributed by atoms with Crippen molar-refractivity contribution in [3.8, 4) is 5.88 Å². The molecule has 2 aromatic heterocycles. The third kappa shape index (κ3) is 7.98. The molecule has 2 atom stereocenters. The Bertz CT molecular complexity index is 2090. The average molecular weight is 714 g/mol. The van der Waals surface area contributed by atoms with Crippen LogP contribution in [0.25, 0.3) is 16.5 Å². The molecule has 4 heterocycles. The fraction of sp³-hybridized carbons (Fsp3) is 0.289. The molecule has 1 saturated heterocycles. The largest absolute Gasteiger partial charge is 0.473 e. The third-order valence-electron chi connectivity index (χ3n) is 9.35. The summed E-state index contributed by atoms with van der Waals surface area (Å²) in [5, 5.41) is 9.66. The number of hydrogen-bond acceptors (Lipinski definition) is 8. The summed E-state index contributed by atoms with van der Waals surface area (Å²) in [7, 11) is 0. The van der Waals surface area contributed by atoms with Crippen LogP contribution in [0.2, 0.25) is 5.02 Å². The fourth-order valence-corrected chi connectivity index (χ4v) is 6.59. The van der Waals surface area contributed by atoms with Crippen molar-refractivity contribution in [2.24, 2.45) is 0 Å². The SMILES string of the molecule is CC(CN1CC=C(c2cccc(OCc3ccc(Cl)cc3F)n2)CC1)N(CC1CCO1)c1ccc(C(=O)Nc2ccc3n[nH]c(F)c3c2)cc1N. The number of pyridine rings is 1. The van der Waals surface area contributed by atoms with E-state index < -0.39 is 11.8 Å². The molecule has 0 aliphatic carbocycles. The smallest absolute Gasteiger partial charge is 0.255 e. The van der Waals surface area contributed by atoms with Gasteiger partial charge in [0.2, 0.25) is 11.8 Å². The van der Waals surface area contributed by atoms with Gasteiger partial charge in [-0.25, -0.2) is 9.37 Å². The van der Waals surface area contributed by atoms with Gasteiger partial charge in [-0.3, -0.25) is 14.8 Å². The van der Waals surface area contributed by atoms with Crippen molar-refractivity contribution in [2.45, 2.75) is 38.5 Å². The maximum atomic E-state index is 14.2. The van der Waals surface area contributed by atoms with Crippen molar-refractivity contribution in [1.29, 1.82) is 0 Å². The Balaban J connectivity index is 0.991. The number of aromatic amines is 1. The summed E-state index contributed by atoms with van der Waals surface area (Å²) in [6.07, 6.45) is 4.09. The van der Waals surface area contributed by atoms with E-state index in [0.717, 1.165) is 56.0 Å². The minimum atomic E-state index is -0.556. The number of nitrogens with two attached hydrogens (primary N) is 1. The lowest BCUT2D eigenvalue weighted by Gasteiger charge is -2.40. The molecule has 2 aliphatic rings. The number of nitrogen functional groups attached to an aromatic ring is 1. The molecule has 2 unspecified atom stereocenters. The van der Waals surface area contributed by atoms with E-state index in [0.29, 0.717) is 50.9 Å². The highest BCUT2D eigenvalue weighted by Gasteiger charge is 2.28. The Labute approximate surface area is 299 Å². The molecule has 0 spiro atoms. The first kappa shape index (κ1) is 34.4. The van der Waals surface area contributed by atoms with Crippen LogP contribution in [0.4, 0.5) is 25.8 Å². The zero-order valence-corrected chi connectivity index (χ0v) is 28.8. The summed E-state index contributed by atoms with van der Waals surface area (Å²) in [6.45, 7) is 6.03. The molecular formula is C38H38ClF2N7O3. The van der Waals surface area contributed by atoms with Gasteiger partial charge in [0, 0.05) is 66.7 Å². The minimum absolute atomic E-state index is 0.0542. The first-order valence-electron chi connectivity index (χ1n) is 16.9. The second-order valence-corrected chi connectivity index (χ2v) is 13.3. The van der Waals surface area contributed by atoms with Gasteiger partial charge in [-0.2, -0.15) is 9.49 Å². The molecule has 3 aromatic carbocycles. The van der Waals surface area contributed by atoms with Gasteiger partial charge in [-0.15, -0.1) is 0 Å². The number of fused-ring (bicyclic) bond motifs is 1. The van der Waals surface area contributed by atoms with Crippen LogP contribution in [0.1, 0.15) is 41.4 Å². The molecule has 5 aromatic rings. The Morgan fingerprint density at radius 3 is 2.78 bits per heavy atom. The van der Waals surface area contributed by atoms with Crippen LogP contribution >= 0.6 is 11.6 Å². The van der Waals surface area contributed by atoms with E-state index in [4.69, 9.17) is 26.8 Å². The average Bonchev–Trinajstić information content (AvgIpc) is 3.47. The van der Waals surface area contributed by atoms with Gasteiger partial charge in [0.25, 0.3) is 5.91 Å². The van der Waals surface area contributed by atoms with Crippen LogP contribution in [0.3, 0.4) is 0 Å². The van der Waals surface area contributed by atoms with Crippen molar-refractivity contribution >= 4 is 51.0 Å². The zero-order chi connectivity index (χ0) is 35.5. The normalized spacial score (nSPS) is 16.7. The Hall–Kier alpha value is -5.04. The second kappa shape index (κ2) is 15.1. The van der Waals surface area contributed by atoms with Crippen LogP contribution in [0.5, 0.6) is 5.88 Å². The van der Waals surface area contributed by atoms with Crippen LogP contribution in [0.15, 0.2) is 78.9 Å². The van der Waals surface area contributed by atoms with Crippen LogP contribution in [-0.2, 0) is 11.3 Å². The van der Waals surface area contributed by atoms with E-state index >= 15 is 0 Å². The molecule has 1 fully saturated rings. The molecule has 2 aliphatic heterocycles. The first-order chi connectivity index (χ1) is 24.7. The number of H-pyrrole nitrogens is 1. The van der Waals surface area contributed by atoms with E-state index in [-0.39, 0.29) is 24.7 Å². The van der Waals surface area contributed by atoms with E-state index in [2.05, 4.69) is 43.3 Å². The summed E-state index contributed by atoms with van der Waals surface area (Å²) in [6, 6.07) is 20.4. The number of rotatable bonds is 12. The summed E-state index contributed by atoms with van der Waals surface area (Å²) in [5.74, 6) is -0.889. The van der Waals surface area contributed by atoms with Gasteiger partial charge in [0.15, 0.2) is 0 Å². The topological polar surface area (TPSA) is 122 Å². The summed E-state index contributed by atoms with van der Waals surface area (Å²) in [5.41, 5.74) is 11.6. The van der Waals surface area contributed by atoms with Crippen molar-refractivity contribution in [3.63, 3.8) is 0 Å². The molecule has 0 bridgehead atoms. The highest BCUT2D eigenvalue weighted by atomic mass is 35.5. The summed E-state index contributed by atoms with van der Waals surface area (Å²) < 4.78 is 39.8. The maximum Gasteiger partial charge on any atom is 0.255 e. The molecule has 1 amide bonds. The van der Waals surface area contributed by atoms with E-state index in [1.807, 2.05) is 18.2 Å². The van der Waals surface area contributed by atoms with Crippen molar-refractivity contribution in [1.82, 2.24) is 20.1 Å².